The molecule has 1 unspecified atom stereocenters. The average molecular weight is 1330 g/mol. The van der Waals surface area contributed by atoms with Crippen molar-refractivity contribution in [2.24, 2.45) is 11.8 Å². The molecule has 1 saturated carbocycles. The third-order valence-electron chi connectivity index (χ3n) is 18.6. The standard InChI is InChI=1S/C69H98N4O20Si/c1-9-22-49(75)62(79)72-47-35-48(73-68(81)85-39-45-27-18-12-19-28-45)57(89-64-42(3)56(93-94(7,8)69(4,5)6)59-52(88-64)40-83-65(91-59)46-29-20-13-21-30-46)60(54(47)77)92-66-61(82-34-33-70-32-31-43-23-14-10-15-24-43)58(51(37-74)87-66)90-63-41(2)53(76)55(78)50(86-63)36-71-67(80)84-38-44-25-16-11-17-26-44/h10-21,23-30,41-42,47-61,63-66,70,74-78H,9,22,31-40H2,1-8H3,(H,71,80)(H,72,79)(H,73,81)/t41-,42-,47-,48+,49+,50+,51-,52-,53-,54+,55-,56-,57-,58-,59-,60-,61-,63-,64-,65?,66+/m1/s1. The second kappa shape index (κ2) is 34.1. The molecule has 94 heavy (non-hydrogen) atoms. The first-order valence-electron chi connectivity index (χ1n) is 33.0. The Bertz CT molecular complexity index is 2950. The summed E-state index contributed by atoms with van der Waals surface area (Å²) in [5, 5.41) is 69.8. The van der Waals surface area contributed by atoms with E-state index < -0.39 is 161 Å². The molecular weight excluding hydrogens is 1230 g/mol. The van der Waals surface area contributed by atoms with Gasteiger partial charge in [0, 0.05) is 30.5 Å². The van der Waals surface area contributed by atoms with Gasteiger partial charge >= 0.3 is 12.2 Å². The zero-order valence-corrected chi connectivity index (χ0v) is 56.0. The molecule has 518 valence electrons. The highest BCUT2D eigenvalue weighted by molar-refractivity contribution is 6.74. The van der Waals surface area contributed by atoms with E-state index in [0.29, 0.717) is 31.5 Å². The molecule has 4 heterocycles. The first-order chi connectivity index (χ1) is 45.1. The minimum absolute atomic E-state index is 0.0141. The summed E-state index contributed by atoms with van der Waals surface area (Å²) < 4.78 is 79.5. The fourth-order valence-corrected chi connectivity index (χ4v) is 13.5. The Balaban J connectivity index is 1.05. The molecule has 5 aliphatic rings. The Morgan fingerprint density at radius 2 is 1.22 bits per heavy atom. The van der Waals surface area contributed by atoms with E-state index in [-0.39, 0.29) is 50.9 Å². The molecule has 4 aromatic rings. The zero-order chi connectivity index (χ0) is 67.1. The number of alkyl carbamates (subject to hydrolysis) is 2. The smallest absolute Gasteiger partial charge is 0.407 e. The summed E-state index contributed by atoms with van der Waals surface area (Å²) in [5.74, 6) is -2.31. The topological polar surface area (TPSA) is 311 Å². The molecule has 0 aromatic heterocycles. The van der Waals surface area contributed by atoms with Crippen molar-refractivity contribution in [2.75, 3.05) is 39.5 Å². The Kier molecular flexibility index (Phi) is 26.4. The number of amides is 3. The van der Waals surface area contributed by atoms with Gasteiger partial charge < -0.3 is 103 Å². The first-order valence-corrected chi connectivity index (χ1v) is 35.9. The summed E-state index contributed by atoms with van der Waals surface area (Å²) in [6.07, 6.45) is -21.5. The number of nitrogens with one attached hydrogen (secondary N) is 4. The molecule has 5 fully saturated rings. The molecule has 0 radical (unpaired) electrons. The minimum atomic E-state index is -2.62. The number of ether oxygens (including phenoxy) is 11. The molecule has 0 bridgehead atoms. The largest absolute Gasteiger partial charge is 0.445 e. The molecule has 1 aliphatic carbocycles. The van der Waals surface area contributed by atoms with Crippen LogP contribution in [0.2, 0.25) is 18.1 Å². The van der Waals surface area contributed by atoms with E-state index >= 15 is 0 Å². The van der Waals surface area contributed by atoms with Crippen LogP contribution in [0, 0.1) is 11.8 Å². The predicted octanol–water partition coefficient (Wildman–Crippen LogP) is 5.66. The molecule has 0 spiro atoms. The van der Waals surface area contributed by atoms with Crippen LogP contribution in [0.3, 0.4) is 0 Å². The molecule has 4 aromatic carbocycles. The van der Waals surface area contributed by atoms with E-state index in [0.717, 1.165) is 16.7 Å². The Hall–Kier alpha value is -5.53. The SMILES string of the molecule is CCC[C@H](O)C(=O)N[C@@H]1C[C@H](NC(=O)OCc2ccccc2)[C@@H](O[C@H]2O[C@@H]3COC(c4ccccc4)O[C@H]3[C@H](O[Si](C)(C)C(C)(C)C)[C@H]2C)[C@H](O[C@@H]2O[C@H](CO)[C@@H](O[C@H]3O[C@@H](CNC(=O)OCc4ccccc4)[C@@H](O)[C@H](O)[C@H]3C)[C@H]2OCCNCCc2ccccc2)[C@H]1O. The number of hydrogen-bond acceptors (Lipinski definition) is 21. The van der Waals surface area contributed by atoms with Crippen molar-refractivity contribution in [3.8, 4) is 0 Å². The summed E-state index contributed by atoms with van der Waals surface area (Å²) in [7, 11) is -2.62. The summed E-state index contributed by atoms with van der Waals surface area (Å²) in [5.41, 5.74) is 3.39. The van der Waals surface area contributed by atoms with E-state index in [1.54, 1.807) is 31.2 Å². The molecule has 25 heteroatoms. The van der Waals surface area contributed by atoms with Gasteiger partial charge in [0.1, 0.15) is 80.4 Å². The van der Waals surface area contributed by atoms with Gasteiger partial charge in [-0.3, -0.25) is 4.79 Å². The van der Waals surface area contributed by atoms with Crippen molar-refractivity contribution in [3.05, 3.63) is 144 Å². The quantitative estimate of drug-likeness (QED) is 0.0245. The summed E-state index contributed by atoms with van der Waals surface area (Å²) >= 11 is 0. The van der Waals surface area contributed by atoms with Gasteiger partial charge in [0.05, 0.1) is 44.1 Å². The molecule has 3 amide bonds. The van der Waals surface area contributed by atoms with Crippen LogP contribution < -0.4 is 21.3 Å². The van der Waals surface area contributed by atoms with Crippen LogP contribution in [0.4, 0.5) is 9.59 Å². The molecule has 21 atom stereocenters. The number of aliphatic hydroxyl groups is 5. The molecule has 4 saturated heterocycles. The third kappa shape index (κ3) is 19.0. The maximum Gasteiger partial charge on any atom is 0.407 e. The maximum absolute atomic E-state index is 14.3. The molecule has 9 N–H and O–H groups in total. The first kappa shape index (κ1) is 72.7. The highest BCUT2D eigenvalue weighted by Crippen LogP contribution is 2.45. The number of aliphatic hydroxyl groups excluding tert-OH is 5. The van der Waals surface area contributed by atoms with Crippen molar-refractivity contribution >= 4 is 26.4 Å². The van der Waals surface area contributed by atoms with Gasteiger partial charge in [-0.15, -0.1) is 0 Å². The molecule has 4 aliphatic heterocycles. The zero-order valence-electron chi connectivity index (χ0n) is 55.0. The van der Waals surface area contributed by atoms with Gasteiger partial charge in [0.15, 0.2) is 33.5 Å². The lowest BCUT2D eigenvalue weighted by atomic mass is 9.82. The highest BCUT2D eigenvalue weighted by atomic mass is 28.4. The molecular formula is C69H98N4O20Si. The van der Waals surface area contributed by atoms with Gasteiger partial charge in [-0.25, -0.2) is 9.59 Å². The Morgan fingerprint density at radius 1 is 0.638 bits per heavy atom. The van der Waals surface area contributed by atoms with Gasteiger partial charge in [0.25, 0.3) is 0 Å². The second-order valence-corrected chi connectivity index (χ2v) is 31.3. The highest BCUT2D eigenvalue weighted by Gasteiger charge is 2.58. The third-order valence-corrected chi connectivity index (χ3v) is 23.1. The summed E-state index contributed by atoms with van der Waals surface area (Å²) in [6.45, 7) is 15.9. The monoisotopic (exact) mass is 1330 g/mol. The van der Waals surface area contributed by atoms with Crippen molar-refractivity contribution < 1.29 is 96.4 Å². The number of hydrogen-bond donors (Lipinski definition) is 9. The van der Waals surface area contributed by atoms with Crippen LogP contribution in [0.1, 0.15) is 89.3 Å². The minimum Gasteiger partial charge on any atom is -0.445 e. The van der Waals surface area contributed by atoms with E-state index in [1.165, 1.54) is 0 Å². The maximum atomic E-state index is 14.3. The van der Waals surface area contributed by atoms with E-state index in [1.807, 2.05) is 111 Å². The van der Waals surface area contributed by atoms with Crippen LogP contribution in [-0.2, 0) is 81.0 Å². The van der Waals surface area contributed by atoms with Gasteiger partial charge in [0.2, 0.25) is 5.91 Å². The summed E-state index contributed by atoms with van der Waals surface area (Å²) in [4.78, 5) is 41.2. The number of benzene rings is 4. The van der Waals surface area contributed by atoms with Gasteiger partial charge in [-0.05, 0) is 60.6 Å². The van der Waals surface area contributed by atoms with Crippen LogP contribution >= 0.6 is 0 Å². The Labute approximate surface area is 552 Å². The number of carbonyl (C=O) groups is 3. The van der Waals surface area contributed by atoms with Crippen LogP contribution in [0.25, 0.3) is 0 Å². The van der Waals surface area contributed by atoms with Crippen LogP contribution in [-0.4, -0.2) is 202 Å². The lowest BCUT2D eigenvalue weighted by Gasteiger charge is -2.53. The fourth-order valence-electron chi connectivity index (χ4n) is 12.1. The van der Waals surface area contributed by atoms with E-state index in [9.17, 15) is 39.9 Å². The number of carbonyl (C=O) groups excluding carboxylic acids is 3. The predicted molar refractivity (Wildman–Crippen MR) is 345 cm³/mol. The van der Waals surface area contributed by atoms with Gasteiger partial charge in [-0.1, -0.05) is 169 Å². The van der Waals surface area contributed by atoms with Crippen molar-refractivity contribution in [3.63, 3.8) is 0 Å². The van der Waals surface area contributed by atoms with Crippen molar-refractivity contribution in [1.29, 1.82) is 0 Å². The van der Waals surface area contributed by atoms with Crippen LogP contribution in [0.5, 0.6) is 0 Å². The normalized spacial score (nSPS) is 32.4. The fraction of sp³-hybridized carbons (Fsp3) is 0.609. The van der Waals surface area contributed by atoms with Gasteiger partial charge in [-0.2, -0.15) is 0 Å². The second-order valence-electron chi connectivity index (χ2n) is 26.6. The lowest BCUT2D eigenvalue weighted by molar-refractivity contribution is -0.364. The van der Waals surface area contributed by atoms with E-state index in [4.69, 9.17) is 56.5 Å². The summed E-state index contributed by atoms with van der Waals surface area (Å²) in [6, 6.07) is 35.3. The van der Waals surface area contributed by atoms with Crippen molar-refractivity contribution in [1.82, 2.24) is 21.3 Å². The number of fused-ring (bicyclic) bond motifs is 1. The van der Waals surface area contributed by atoms with Crippen LogP contribution in [0.15, 0.2) is 121 Å². The average Bonchev–Trinajstić information content (AvgIpc) is 0.971. The molecule has 24 nitrogen and oxygen atoms in total. The van der Waals surface area contributed by atoms with E-state index in [2.05, 4.69) is 55.1 Å². The Morgan fingerprint density at radius 3 is 1.85 bits per heavy atom. The number of rotatable bonds is 28. The van der Waals surface area contributed by atoms with Crippen molar-refractivity contribution in [2.45, 2.75) is 215 Å². The lowest BCUT2D eigenvalue weighted by Crippen LogP contribution is -2.69. The molecule has 9 rings (SSSR count).